The number of amides is 1. The van der Waals surface area contributed by atoms with E-state index in [-0.39, 0.29) is 11.7 Å². The Hall–Kier alpha value is -2.64. The number of quaternary nitrogens is 1. The van der Waals surface area contributed by atoms with E-state index in [1.54, 1.807) is 28.4 Å². The van der Waals surface area contributed by atoms with Gasteiger partial charge in [-0.1, -0.05) is 0 Å². The number of hydrogen-bond acceptors (Lipinski definition) is 4. The number of nitrogens with one attached hydrogen (secondary N) is 3. The normalized spacial score (nSPS) is 20.9. The standard InChI is InChI=1S/C21H20FN3O2S/c1-2-25-10-9-14-17(11-25)28-21-18(14)20(26)23-19(24-21)16-8-7-15(27-16)12-3-5-13(22)6-4-12/h3-8,19,24H,2,9-11H2,1H3,(H,23,26)/p+1/t19-/m0/s1. The van der Waals surface area contributed by atoms with Crippen LogP contribution in [0.3, 0.4) is 0 Å². The summed E-state index contributed by atoms with van der Waals surface area (Å²) < 4.78 is 19.1. The molecule has 0 fully saturated rings. The van der Waals surface area contributed by atoms with Gasteiger partial charge in [-0.2, -0.15) is 0 Å². The summed E-state index contributed by atoms with van der Waals surface area (Å²) in [5, 5.41) is 7.38. The molecule has 1 unspecified atom stereocenters. The van der Waals surface area contributed by atoms with E-state index in [1.165, 1.54) is 22.6 Å². The molecule has 2 aromatic heterocycles. The second-order valence-electron chi connectivity index (χ2n) is 7.25. The van der Waals surface area contributed by atoms with Gasteiger partial charge in [-0.15, -0.1) is 11.3 Å². The van der Waals surface area contributed by atoms with E-state index in [9.17, 15) is 9.18 Å². The number of furan rings is 1. The van der Waals surface area contributed by atoms with E-state index in [2.05, 4.69) is 17.6 Å². The van der Waals surface area contributed by atoms with Crippen molar-refractivity contribution in [3.8, 4) is 11.3 Å². The monoisotopic (exact) mass is 398 g/mol. The van der Waals surface area contributed by atoms with Crippen LogP contribution in [0.1, 0.15) is 39.6 Å². The van der Waals surface area contributed by atoms with E-state index in [0.717, 1.165) is 42.2 Å². The van der Waals surface area contributed by atoms with Crippen molar-refractivity contribution in [1.82, 2.24) is 5.32 Å². The van der Waals surface area contributed by atoms with E-state index >= 15 is 0 Å². The molecule has 144 valence electrons. The van der Waals surface area contributed by atoms with Gasteiger partial charge in [0.1, 0.15) is 28.9 Å². The minimum absolute atomic E-state index is 0.0454. The molecule has 1 amide bonds. The van der Waals surface area contributed by atoms with Gasteiger partial charge in [0.15, 0.2) is 6.17 Å². The zero-order valence-electron chi connectivity index (χ0n) is 15.5. The van der Waals surface area contributed by atoms with Crippen molar-refractivity contribution in [2.45, 2.75) is 26.1 Å². The number of likely N-dealkylation sites (N-methyl/N-ethyl adjacent to an activating group) is 1. The number of rotatable bonds is 3. The maximum absolute atomic E-state index is 13.1. The van der Waals surface area contributed by atoms with Crippen molar-refractivity contribution in [1.29, 1.82) is 0 Å². The lowest BCUT2D eigenvalue weighted by Crippen LogP contribution is -3.11. The topological polar surface area (TPSA) is 58.7 Å². The van der Waals surface area contributed by atoms with Crippen LogP contribution in [0, 0.1) is 5.82 Å². The minimum atomic E-state index is -0.413. The predicted molar refractivity (Wildman–Crippen MR) is 106 cm³/mol. The first-order valence-electron chi connectivity index (χ1n) is 9.53. The van der Waals surface area contributed by atoms with Crippen LogP contribution in [0.25, 0.3) is 11.3 Å². The number of thiophene rings is 1. The van der Waals surface area contributed by atoms with Gasteiger partial charge in [0.2, 0.25) is 0 Å². The van der Waals surface area contributed by atoms with Gasteiger partial charge in [0, 0.05) is 12.0 Å². The van der Waals surface area contributed by atoms with Crippen LogP contribution in [0.4, 0.5) is 9.39 Å². The first-order valence-corrected chi connectivity index (χ1v) is 10.3. The van der Waals surface area contributed by atoms with Crippen LogP contribution in [-0.4, -0.2) is 19.0 Å². The highest BCUT2D eigenvalue weighted by Crippen LogP contribution is 2.39. The molecule has 0 aliphatic carbocycles. The number of anilines is 1. The third-order valence-corrected chi connectivity index (χ3v) is 6.71. The van der Waals surface area contributed by atoms with Crippen molar-refractivity contribution in [3.63, 3.8) is 0 Å². The molecule has 0 bridgehead atoms. The highest BCUT2D eigenvalue weighted by molar-refractivity contribution is 7.16. The fraction of sp³-hybridized carbons (Fsp3) is 0.286. The van der Waals surface area contributed by atoms with Crippen molar-refractivity contribution in [2.24, 2.45) is 0 Å². The van der Waals surface area contributed by atoms with Gasteiger partial charge in [-0.25, -0.2) is 4.39 Å². The summed E-state index contributed by atoms with van der Waals surface area (Å²) in [5.74, 6) is 0.945. The third-order valence-electron chi connectivity index (χ3n) is 5.55. The van der Waals surface area contributed by atoms with Crippen molar-refractivity contribution in [3.05, 3.63) is 64.0 Å². The predicted octanol–water partition coefficient (Wildman–Crippen LogP) is 2.96. The molecule has 2 atom stereocenters. The van der Waals surface area contributed by atoms with Crippen LogP contribution in [-0.2, 0) is 13.0 Å². The molecule has 0 radical (unpaired) electrons. The van der Waals surface area contributed by atoms with E-state index in [0.29, 0.717) is 11.5 Å². The third kappa shape index (κ3) is 2.91. The Morgan fingerprint density at radius 2 is 2.04 bits per heavy atom. The molecule has 5 rings (SSSR count). The summed E-state index contributed by atoms with van der Waals surface area (Å²) in [6, 6.07) is 9.85. The molecule has 5 nitrogen and oxygen atoms in total. The highest BCUT2D eigenvalue weighted by atomic mass is 32.1. The lowest BCUT2D eigenvalue weighted by molar-refractivity contribution is -0.913. The summed E-state index contributed by atoms with van der Waals surface area (Å²) in [4.78, 5) is 15.7. The van der Waals surface area contributed by atoms with Crippen LogP contribution in [0.2, 0.25) is 0 Å². The average molecular weight is 398 g/mol. The van der Waals surface area contributed by atoms with Gasteiger partial charge in [0.25, 0.3) is 5.91 Å². The van der Waals surface area contributed by atoms with Gasteiger partial charge >= 0.3 is 0 Å². The average Bonchev–Trinajstić information content (AvgIpc) is 3.32. The van der Waals surface area contributed by atoms with Crippen molar-refractivity contribution in [2.75, 3.05) is 18.4 Å². The summed E-state index contributed by atoms with van der Waals surface area (Å²) in [6.45, 7) is 5.36. The molecule has 7 heteroatoms. The largest absolute Gasteiger partial charge is 0.457 e. The number of halogens is 1. The molecule has 3 aromatic rings. The number of fused-ring (bicyclic) bond motifs is 3. The van der Waals surface area contributed by atoms with Gasteiger partial charge in [0.05, 0.1) is 23.5 Å². The summed E-state index contributed by atoms with van der Waals surface area (Å²) in [6.07, 6.45) is 0.531. The van der Waals surface area contributed by atoms with Crippen LogP contribution >= 0.6 is 11.3 Å². The first kappa shape index (κ1) is 17.5. The molecule has 0 saturated heterocycles. The van der Waals surface area contributed by atoms with Gasteiger partial charge in [-0.05, 0) is 48.9 Å². The maximum Gasteiger partial charge on any atom is 0.256 e. The smallest absolute Gasteiger partial charge is 0.256 e. The lowest BCUT2D eigenvalue weighted by atomic mass is 10.0. The van der Waals surface area contributed by atoms with E-state index in [1.807, 2.05) is 12.1 Å². The Kier molecular flexibility index (Phi) is 4.21. The van der Waals surface area contributed by atoms with Crippen LogP contribution < -0.4 is 15.5 Å². The number of carbonyl (C=O) groups is 1. The molecule has 0 spiro atoms. The highest BCUT2D eigenvalue weighted by Gasteiger charge is 2.35. The fourth-order valence-corrected chi connectivity index (χ4v) is 5.32. The first-order chi connectivity index (χ1) is 13.6. The zero-order valence-corrected chi connectivity index (χ0v) is 16.3. The van der Waals surface area contributed by atoms with Crippen molar-refractivity contribution >= 4 is 22.2 Å². The molecule has 4 heterocycles. The second-order valence-corrected chi connectivity index (χ2v) is 8.35. The minimum Gasteiger partial charge on any atom is -0.457 e. The fourth-order valence-electron chi connectivity index (χ4n) is 3.97. The Morgan fingerprint density at radius 1 is 1.21 bits per heavy atom. The van der Waals surface area contributed by atoms with Crippen molar-refractivity contribution < 1.29 is 18.5 Å². The molecule has 3 N–H and O–H groups in total. The molecule has 2 aliphatic rings. The van der Waals surface area contributed by atoms with E-state index < -0.39 is 6.17 Å². The molecular formula is C21H21FN3O2S+. The van der Waals surface area contributed by atoms with Gasteiger partial charge in [-0.3, -0.25) is 4.79 Å². The molecule has 0 saturated carbocycles. The van der Waals surface area contributed by atoms with E-state index in [4.69, 9.17) is 4.42 Å². The lowest BCUT2D eigenvalue weighted by Gasteiger charge is -2.25. The quantitative estimate of drug-likeness (QED) is 0.636. The van der Waals surface area contributed by atoms with Crippen LogP contribution in [0.15, 0.2) is 40.8 Å². The Balaban J connectivity index is 1.42. The molecule has 28 heavy (non-hydrogen) atoms. The Labute approximate surface area is 166 Å². The van der Waals surface area contributed by atoms with Crippen LogP contribution in [0.5, 0.6) is 0 Å². The number of hydrogen-bond donors (Lipinski definition) is 3. The SMILES string of the molecule is CC[NH+]1CCc2c(sc3c2C(=O)N[C@H](c2ccc(-c4ccc(F)cc4)o2)N3)C1. The van der Waals surface area contributed by atoms with Gasteiger partial charge < -0.3 is 20.0 Å². The molecular weight excluding hydrogens is 377 g/mol. The Bertz CT molecular complexity index is 1040. The summed E-state index contributed by atoms with van der Waals surface area (Å²) in [7, 11) is 0. The summed E-state index contributed by atoms with van der Waals surface area (Å²) >= 11 is 1.69. The maximum atomic E-state index is 13.1. The zero-order chi connectivity index (χ0) is 19.3. The Morgan fingerprint density at radius 3 is 2.82 bits per heavy atom. The molecule has 1 aromatic carbocycles. The molecule has 2 aliphatic heterocycles. The second kappa shape index (κ2) is 6.76. The number of benzene rings is 1. The summed E-state index contributed by atoms with van der Waals surface area (Å²) in [5.41, 5.74) is 2.80. The number of carbonyl (C=O) groups excluding carboxylic acids is 1.